The molecule has 0 aliphatic carbocycles. The summed E-state index contributed by atoms with van der Waals surface area (Å²) < 4.78 is 1.37. The molecule has 3 rings (SSSR count). The van der Waals surface area contributed by atoms with Gasteiger partial charge in [0, 0.05) is 11.6 Å². The van der Waals surface area contributed by atoms with Gasteiger partial charge in [0.15, 0.2) is 0 Å². The SMILES string of the molecule is O=C(c1ccsc1)n1ccc(C=Cc2ccccc2)n1. The Hall–Kier alpha value is -2.46. The number of aromatic nitrogens is 2. The summed E-state index contributed by atoms with van der Waals surface area (Å²) in [6.07, 6.45) is 5.55. The van der Waals surface area contributed by atoms with E-state index < -0.39 is 0 Å². The van der Waals surface area contributed by atoms with Crippen molar-refractivity contribution in [3.05, 3.63) is 76.2 Å². The van der Waals surface area contributed by atoms with Crippen LogP contribution in [-0.2, 0) is 0 Å². The van der Waals surface area contributed by atoms with E-state index in [0.29, 0.717) is 5.56 Å². The summed E-state index contributed by atoms with van der Waals surface area (Å²) in [5, 5.41) is 7.97. The first-order valence-electron chi connectivity index (χ1n) is 6.19. The number of benzene rings is 1. The van der Waals surface area contributed by atoms with Crippen LogP contribution in [0.15, 0.2) is 59.4 Å². The molecular formula is C16H12N2OS. The van der Waals surface area contributed by atoms with E-state index in [-0.39, 0.29) is 5.91 Å². The summed E-state index contributed by atoms with van der Waals surface area (Å²) in [6, 6.07) is 13.6. The van der Waals surface area contributed by atoms with Crippen molar-refractivity contribution in [2.24, 2.45) is 0 Å². The summed E-state index contributed by atoms with van der Waals surface area (Å²) in [4.78, 5) is 12.1. The minimum absolute atomic E-state index is 0.106. The zero-order valence-corrected chi connectivity index (χ0v) is 11.5. The van der Waals surface area contributed by atoms with Gasteiger partial charge < -0.3 is 0 Å². The van der Waals surface area contributed by atoms with Crippen molar-refractivity contribution >= 4 is 29.4 Å². The van der Waals surface area contributed by atoms with Gasteiger partial charge in [-0.2, -0.15) is 16.4 Å². The lowest BCUT2D eigenvalue weighted by atomic mass is 10.2. The minimum Gasteiger partial charge on any atom is -0.267 e. The average molecular weight is 280 g/mol. The third-order valence-corrected chi connectivity index (χ3v) is 3.52. The van der Waals surface area contributed by atoms with Crippen LogP contribution in [0, 0.1) is 0 Å². The van der Waals surface area contributed by atoms with Gasteiger partial charge in [0.25, 0.3) is 5.91 Å². The lowest BCUT2D eigenvalue weighted by Gasteiger charge is -1.95. The molecule has 98 valence electrons. The van der Waals surface area contributed by atoms with Crippen LogP contribution >= 0.6 is 11.3 Å². The van der Waals surface area contributed by atoms with Crippen molar-refractivity contribution in [1.82, 2.24) is 9.78 Å². The van der Waals surface area contributed by atoms with Crippen molar-refractivity contribution in [2.75, 3.05) is 0 Å². The number of carbonyl (C=O) groups is 1. The highest BCUT2D eigenvalue weighted by Crippen LogP contribution is 2.10. The maximum atomic E-state index is 12.1. The Morgan fingerprint density at radius 2 is 1.95 bits per heavy atom. The van der Waals surface area contributed by atoms with Crippen LogP contribution < -0.4 is 0 Å². The van der Waals surface area contributed by atoms with Gasteiger partial charge in [-0.3, -0.25) is 4.79 Å². The van der Waals surface area contributed by atoms with Crippen LogP contribution in [-0.4, -0.2) is 15.7 Å². The van der Waals surface area contributed by atoms with Gasteiger partial charge in [-0.05, 0) is 29.2 Å². The molecule has 0 saturated carbocycles. The summed E-state index contributed by atoms with van der Waals surface area (Å²) >= 11 is 1.50. The minimum atomic E-state index is -0.106. The molecule has 2 aromatic heterocycles. The fourth-order valence-corrected chi connectivity index (χ4v) is 2.43. The quantitative estimate of drug-likeness (QED) is 0.731. The molecule has 0 aliphatic heterocycles. The number of thiophene rings is 1. The van der Waals surface area contributed by atoms with Gasteiger partial charge in [0.05, 0.1) is 11.3 Å². The number of hydrogen-bond donors (Lipinski definition) is 0. The molecule has 20 heavy (non-hydrogen) atoms. The molecule has 0 amide bonds. The Labute approximate surface area is 120 Å². The molecule has 0 bridgehead atoms. The van der Waals surface area contributed by atoms with Gasteiger partial charge in [0.2, 0.25) is 0 Å². The molecule has 0 aliphatic rings. The molecule has 3 aromatic rings. The second-order valence-electron chi connectivity index (χ2n) is 4.25. The van der Waals surface area contributed by atoms with Crippen molar-refractivity contribution in [3.63, 3.8) is 0 Å². The Balaban J connectivity index is 1.77. The van der Waals surface area contributed by atoms with E-state index in [4.69, 9.17) is 0 Å². The van der Waals surface area contributed by atoms with Crippen LogP contribution in [0.25, 0.3) is 12.2 Å². The van der Waals surface area contributed by atoms with Crippen LogP contribution in [0.2, 0.25) is 0 Å². The lowest BCUT2D eigenvalue weighted by Crippen LogP contribution is -2.11. The van der Waals surface area contributed by atoms with Crippen molar-refractivity contribution in [1.29, 1.82) is 0 Å². The van der Waals surface area contributed by atoms with Crippen LogP contribution in [0.1, 0.15) is 21.6 Å². The van der Waals surface area contributed by atoms with Crippen LogP contribution in [0.5, 0.6) is 0 Å². The third-order valence-electron chi connectivity index (χ3n) is 2.83. The van der Waals surface area contributed by atoms with E-state index >= 15 is 0 Å². The molecule has 0 radical (unpaired) electrons. The molecule has 4 heteroatoms. The van der Waals surface area contributed by atoms with Gasteiger partial charge in [-0.25, -0.2) is 4.68 Å². The van der Waals surface area contributed by atoms with E-state index in [9.17, 15) is 4.79 Å². The highest BCUT2D eigenvalue weighted by molar-refractivity contribution is 7.08. The number of nitrogens with zero attached hydrogens (tertiary/aromatic N) is 2. The third kappa shape index (κ3) is 2.75. The van der Waals surface area contributed by atoms with Gasteiger partial charge in [-0.1, -0.05) is 36.4 Å². The number of rotatable bonds is 3. The normalized spacial score (nSPS) is 11.0. The first-order valence-corrected chi connectivity index (χ1v) is 7.13. The monoisotopic (exact) mass is 280 g/mol. The van der Waals surface area contributed by atoms with E-state index in [1.165, 1.54) is 16.0 Å². The van der Waals surface area contributed by atoms with Gasteiger partial charge in [-0.15, -0.1) is 0 Å². The molecule has 0 unspecified atom stereocenters. The van der Waals surface area contributed by atoms with E-state index in [1.54, 1.807) is 12.3 Å². The highest BCUT2D eigenvalue weighted by atomic mass is 32.1. The Morgan fingerprint density at radius 3 is 2.70 bits per heavy atom. The molecular weight excluding hydrogens is 268 g/mol. The van der Waals surface area contributed by atoms with E-state index in [1.807, 2.05) is 59.3 Å². The summed E-state index contributed by atoms with van der Waals surface area (Å²) in [5.74, 6) is -0.106. The second-order valence-corrected chi connectivity index (χ2v) is 5.03. The van der Waals surface area contributed by atoms with E-state index in [2.05, 4.69) is 5.10 Å². The molecule has 3 nitrogen and oxygen atoms in total. The van der Waals surface area contributed by atoms with E-state index in [0.717, 1.165) is 11.3 Å². The Kier molecular flexibility index (Phi) is 3.56. The van der Waals surface area contributed by atoms with Crippen LogP contribution in [0.3, 0.4) is 0 Å². The molecule has 0 spiro atoms. The zero-order valence-electron chi connectivity index (χ0n) is 10.6. The smallest absolute Gasteiger partial charge is 0.267 e. The second kappa shape index (κ2) is 5.67. The first-order chi connectivity index (χ1) is 9.83. The number of carbonyl (C=O) groups excluding carboxylic acids is 1. The summed E-state index contributed by atoms with van der Waals surface area (Å²) in [6.45, 7) is 0. The van der Waals surface area contributed by atoms with Crippen molar-refractivity contribution in [2.45, 2.75) is 0 Å². The lowest BCUT2D eigenvalue weighted by molar-refractivity contribution is 0.0945. The first kappa shape index (κ1) is 12.6. The zero-order chi connectivity index (χ0) is 13.8. The summed E-state index contributed by atoms with van der Waals surface area (Å²) in [7, 11) is 0. The Bertz CT molecular complexity index is 727. The van der Waals surface area contributed by atoms with Crippen molar-refractivity contribution < 1.29 is 4.79 Å². The maximum Gasteiger partial charge on any atom is 0.278 e. The fraction of sp³-hybridized carbons (Fsp3) is 0. The maximum absolute atomic E-state index is 12.1. The number of hydrogen-bond acceptors (Lipinski definition) is 3. The van der Waals surface area contributed by atoms with Gasteiger partial charge >= 0.3 is 0 Å². The topological polar surface area (TPSA) is 34.9 Å². The molecule has 2 heterocycles. The molecule has 0 atom stereocenters. The largest absolute Gasteiger partial charge is 0.278 e. The molecule has 0 fully saturated rings. The van der Waals surface area contributed by atoms with Crippen molar-refractivity contribution in [3.8, 4) is 0 Å². The molecule has 0 saturated heterocycles. The predicted octanol–water partition coefficient (Wildman–Crippen LogP) is 3.80. The fourth-order valence-electron chi connectivity index (χ4n) is 1.80. The highest BCUT2D eigenvalue weighted by Gasteiger charge is 2.09. The average Bonchev–Trinajstić information content (AvgIpc) is 3.17. The van der Waals surface area contributed by atoms with Crippen LogP contribution in [0.4, 0.5) is 0 Å². The Morgan fingerprint density at radius 1 is 1.10 bits per heavy atom. The molecule has 1 aromatic carbocycles. The van der Waals surface area contributed by atoms with Gasteiger partial charge in [0.1, 0.15) is 0 Å². The predicted molar refractivity (Wildman–Crippen MR) is 81.6 cm³/mol. The summed E-state index contributed by atoms with van der Waals surface area (Å²) in [5.41, 5.74) is 2.53. The standard InChI is InChI=1S/C16H12N2OS/c19-16(14-9-11-20-12-14)18-10-8-15(17-18)7-6-13-4-2-1-3-5-13/h1-12H. The molecule has 0 N–H and O–H groups in total.